The molecule has 0 aliphatic heterocycles. The number of halogens is 1. The van der Waals surface area contributed by atoms with Crippen molar-refractivity contribution in [1.82, 2.24) is 20.0 Å². The number of aromatic nitrogens is 2. The molecule has 1 atom stereocenters. The molecule has 0 aliphatic rings. The summed E-state index contributed by atoms with van der Waals surface area (Å²) in [5.41, 5.74) is 1.84. The Balaban J connectivity index is 2.07. The molecule has 0 spiro atoms. The molecule has 0 aliphatic carbocycles. The number of carbonyl (C=O) groups is 1. The third kappa shape index (κ3) is 3.92. The van der Waals surface area contributed by atoms with E-state index < -0.39 is 6.04 Å². The second-order valence-electron chi connectivity index (χ2n) is 5.53. The molecular weight excluding hydrogens is 283 g/mol. The highest BCUT2D eigenvalue weighted by Gasteiger charge is 2.25. The van der Waals surface area contributed by atoms with Gasteiger partial charge in [-0.15, -0.1) is 0 Å². The van der Waals surface area contributed by atoms with E-state index in [1.807, 2.05) is 25.2 Å². The van der Waals surface area contributed by atoms with Gasteiger partial charge in [-0.1, -0.05) is 12.1 Å². The number of H-pyrrole nitrogens is 1. The summed E-state index contributed by atoms with van der Waals surface area (Å²) in [5.74, 6) is -0.317. The zero-order valence-corrected chi connectivity index (χ0v) is 13.1. The number of hydrogen-bond acceptors (Lipinski definition) is 3. The monoisotopic (exact) mass is 304 g/mol. The van der Waals surface area contributed by atoms with E-state index >= 15 is 0 Å². The highest BCUT2D eigenvalue weighted by atomic mass is 19.1. The Morgan fingerprint density at radius 1 is 1.27 bits per heavy atom. The third-order valence-corrected chi connectivity index (χ3v) is 3.60. The molecule has 0 bridgehead atoms. The van der Waals surface area contributed by atoms with Crippen LogP contribution in [0.15, 0.2) is 36.7 Å². The minimum Gasteiger partial charge on any atom is -0.344 e. The van der Waals surface area contributed by atoms with Crippen molar-refractivity contribution in [1.29, 1.82) is 0 Å². The van der Waals surface area contributed by atoms with Gasteiger partial charge < -0.3 is 4.90 Å². The van der Waals surface area contributed by atoms with Gasteiger partial charge in [-0.25, -0.2) is 4.39 Å². The van der Waals surface area contributed by atoms with Crippen molar-refractivity contribution >= 4 is 5.91 Å². The lowest BCUT2D eigenvalue weighted by Crippen LogP contribution is -2.39. The molecular formula is C16H21FN4O. The molecule has 0 unspecified atom stereocenters. The first-order valence-electron chi connectivity index (χ1n) is 7.13. The van der Waals surface area contributed by atoms with Gasteiger partial charge in [0.05, 0.1) is 6.20 Å². The summed E-state index contributed by atoms with van der Waals surface area (Å²) in [6, 6.07) is 5.65. The van der Waals surface area contributed by atoms with E-state index in [0.29, 0.717) is 6.54 Å². The van der Waals surface area contributed by atoms with E-state index in [4.69, 9.17) is 0 Å². The standard InChI is InChI=1S/C16H21FN4O/c1-20(2)15(13-4-6-14(17)7-5-13)16(22)21(3)9-8-12-10-18-19-11-12/h4-7,10-11,15H,8-9H2,1-3H3,(H,18,19)/t15-/m1/s1. The van der Waals surface area contributed by atoms with Crippen molar-refractivity contribution in [2.24, 2.45) is 0 Å². The van der Waals surface area contributed by atoms with Gasteiger partial charge >= 0.3 is 0 Å². The molecule has 0 fully saturated rings. The zero-order chi connectivity index (χ0) is 16.1. The van der Waals surface area contributed by atoms with Crippen LogP contribution in [0.5, 0.6) is 0 Å². The Morgan fingerprint density at radius 3 is 2.50 bits per heavy atom. The molecule has 1 aromatic heterocycles. The average molecular weight is 304 g/mol. The van der Waals surface area contributed by atoms with E-state index in [9.17, 15) is 9.18 Å². The first-order chi connectivity index (χ1) is 10.5. The van der Waals surface area contributed by atoms with E-state index in [1.165, 1.54) is 12.1 Å². The summed E-state index contributed by atoms with van der Waals surface area (Å²) >= 11 is 0. The molecule has 1 amide bonds. The van der Waals surface area contributed by atoms with Crippen molar-refractivity contribution in [3.05, 3.63) is 53.6 Å². The Kier molecular flexibility index (Phi) is 5.27. The summed E-state index contributed by atoms with van der Waals surface area (Å²) in [6.45, 7) is 0.601. The largest absolute Gasteiger partial charge is 0.344 e. The topological polar surface area (TPSA) is 52.2 Å². The van der Waals surface area contributed by atoms with Gasteiger partial charge in [0.1, 0.15) is 11.9 Å². The highest BCUT2D eigenvalue weighted by molar-refractivity contribution is 5.83. The van der Waals surface area contributed by atoms with Crippen molar-refractivity contribution in [3.63, 3.8) is 0 Å². The smallest absolute Gasteiger partial charge is 0.244 e. The van der Waals surface area contributed by atoms with Crippen molar-refractivity contribution in [2.75, 3.05) is 27.7 Å². The maximum absolute atomic E-state index is 13.1. The van der Waals surface area contributed by atoms with Crippen molar-refractivity contribution in [2.45, 2.75) is 12.5 Å². The maximum Gasteiger partial charge on any atom is 0.244 e. The number of nitrogens with one attached hydrogen (secondary N) is 1. The quantitative estimate of drug-likeness (QED) is 0.886. The van der Waals surface area contributed by atoms with Crippen LogP contribution in [0, 0.1) is 5.82 Å². The highest BCUT2D eigenvalue weighted by Crippen LogP contribution is 2.21. The summed E-state index contributed by atoms with van der Waals surface area (Å²) in [7, 11) is 5.47. The Labute approximate surface area is 129 Å². The van der Waals surface area contributed by atoms with E-state index in [0.717, 1.165) is 17.5 Å². The number of aromatic amines is 1. The number of nitrogens with zero attached hydrogens (tertiary/aromatic N) is 3. The molecule has 0 saturated carbocycles. The molecule has 0 saturated heterocycles. The van der Waals surface area contributed by atoms with Crippen LogP contribution in [-0.2, 0) is 11.2 Å². The van der Waals surface area contributed by atoms with Crippen LogP contribution in [0.3, 0.4) is 0 Å². The molecule has 6 heteroatoms. The number of amides is 1. The van der Waals surface area contributed by atoms with Gasteiger partial charge in [-0.3, -0.25) is 14.8 Å². The van der Waals surface area contributed by atoms with Crippen LogP contribution in [0.4, 0.5) is 4.39 Å². The van der Waals surface area contributed by atoms with Crippen LogP contribution in [0.25, 0.3) is 0 Å². The van der Waals surface area contributed by atoms with Crippen LogP contribution >= 0.6 is 0 Å². The average Bonchev–Trinajstić information content (AvgIpc) is 3.00. The Morgan fingerprint density at radius 2 is 1.95 bits per heavy atom. The summed E-state index contributed by atoms with van der Waals surface area (Å²) in [5, 5.41) is 6.65. The lowest BCUT2D eigenvalue weighted by atomic mass is 10.0. The summed E-state index contributed by atoms with van der Waals surface area (Å²) < 4.78 is 13.1. The van der Waals surface area contributed by atoms with Crippen LogP contribution in [-0.4, -0.2) is 53.6 Å². The molecule has 22 heavy (non-hydrogen) atoms. The van der Waals surface area contributed by atoms with Gasteiger partial charge in [0.2, 0.25) is 5.91 Å². The second kappa shape index (κ2) is 7.17. The number of hydrogen-bond donors (Lipinski definition) is 1. The summed E-state index contributed by atoms with van der Waals surface area (Å²) in [6.07, 6.45) is 4.31. The maximum atomic E-state index is 13.1. The molecule has 5 nitrogen and oxygen atoms in total. The number of benzene rings is 1. The van der Waals surface area contributed by atoms with Gasteiger partial charge in [0.25, 0.3) is 0 Å². The fourth-order valence-electron chi connectivity index (χ4n) is 2.34. The molecule has 118 valence electrons. The van der Waals surface area contributed by atoms with Gasteiger partial charge in [-0.05, 0) is 43.8 Å². The zero-order valence-electron chi connectivity index (χ0n) is 13.1. The number of rotatable bonds is 6. The SMILES string of the molecule is CN(CCc1cn[nH]c1)C(=O)[C@@H](c1ccc(F)cc1)N(C)C. The van der Waals surface area contributed by atoms with Crippen molar-refractivity contribution < 1.29 is 9.18 Å². The van der Waals surface area contributed by atoms with Crippen LogP contribution in [0.1, 0.15) is 17.2 Å². The van der Waals surface area contributed by atoms with E-state index in [1.54, 1.807) is 30.3 Å². The van der Waals surface area contributed by atoms with Crippen molar-refractivity contribution in [3.8, 4) is 0 Å². The minimum atomic E-state index is -0.421. The Hall–Kier alpha value is -2.21. The number of likely N-dealkylation sites (N-methyl/N-ethyl adjacent to an activating group) is 2. The first kappa shape index (κ1) is 16.2. The van der Waals surface area contributed by atoms with Gasteiger partial charge in [0, 0.05) is 19.8 Å². The van der Waals surface area contributed by atoms with Crippen LogP contribution in [0.2, 0.25) is 0 Å². The molecule has 1 N–H and O–H groups in total. The second-order valence-corrected chi connectivity index (χ2v) is 5.53. The molecule has 0 radical (unpaired) electrons. The van der Waals surface area contributed by atoms with Gasteiger partial charge in [0.15, 0.2) is 0 Å². The van der Waals surface area contributed by atoms with E-state index in [-0.39, 0.29) is 11.7 Å². The lowest BCUT2D eigenvalue weighted by molar-refractivity contribution is -0.135. The molecule has 2 rings (SSSR count). The lowest BCUT2D eigenvalue weighted by Gasteiger charge is -2.28. The molecule has 1 aromatic carbocycles. The Bertz CT molecular complexity index is 595. The van der Waals surface area contributed by atoms with Crippen LogP contribution < -0.4 is 0 Å². The summed E-state index contributed by atoms with van der Waals surface area (Å²) in [4.78, 5) is 16.2. The number of carbonyl (C=O) groups excluding carboxylic acids is 1. The predicted molar refractivity (Wildman–Crippen MR) is 82.8 cm³/mol. The minimum absolute atomic E-state index is 0.0138. The first-order valence-corrected chi connectivity index (χ1v) is 7.13. The van der Waals surface area contributed by atoms with E-state index in [2.05, 4.69) is 10.2 Å². The normalized spacial score (nSPS) is 12.4. The van der Waals surface area contributed by atoms with Gasteiger partial charge in [-0.2, -0.15) is 5.10 Å². The predicted octanol–water partition coefficient (Wildman–Crippen LogP) is 1.85. The fourth-order valence-corrected chi connectivity index (χ4v) is 2.34. The third-order valence-electron chi connectivity index (χ3n) is 3.60. The molecule has 1 heterocycles. The molecule has 2 aromatic rings. The fraction of sp³-hybridized carbons (Fsp3) is 0.375.